The molecule has 0 spiro atoms. The molecule has 0 atom stereocenters. The summed E-state index contributed by atoms with van der Waals surface area (Å²) in [4.78, 5) is 0. The van der Waals surface area contributed by atoms with Crippen molar-refractivity contribution in [2.24, 2.45) is 11.8 Å². The first-order valence-electron chi connectivity index (χ1n) is 3.30. The molecule has 44 valence electrons. The minimum atomic E-state index is 0.440. The second-order valence-electron chi connectivity index (χ2n) is 2.67. The Kier molecular flexibility index (Phi) is 1.93. The zero-order chi connectivity index (χ0) is 5.98. The van der Waals surface area contributed by atoms with E-state index in [1.54, 1.807) is 0 Å². The summed E-state index contributed by atoms with van der Waals surface area (Å²) in [6.07, 6.45) is 4.50. The van der Waals surface area contributed by atoms with Crippen molar-refractivity contribution < 1.29 is 0 Å². The molecule has 1 aliphatic carbocycles. The molecule has 0 bridgehead atoms. The SMILES string of the molecule is [CH][C@H]1CC[C@@H]([CH])CC1. The molecule has 0 heteroatoms. The Morgan fingerprint density at radius 1 is 0.750 bits per heavy atom. The molecule has 8 heavy (non-hydrogen) atoms. The van der Waals surface area contributed by atoms with Gasteiger partial charge in [0.15, 0.2) is 0 Å². The lowest BCUT2D eigenvalue weighted by Gasteiger charge is -2.21. The first kappa shape index (κ1) is 6.12. The van der Waals surface area contributed by atoms with Crippen LogP contribution in [0, 0.1) is 25.7 Å². The van der Waals surface area contributed by atoms with E-state index in [9.17, 15) is 0 Å². The molecule has 1 saturated carbocycles. The fourth-order valence-electron chi connectivity index (χ4n) is 1.14. The number of rotatable bonds is 0. The van der Waals surface area contributed by atoms with E-state index in [-0.39, 0.29) is 0 Å². The standard InChI is InChI=1S/C8H12/c1-7-3-5-8(2)6-4-7/h1-2,7-8H,3-6H2/t7-,8+. The summed E-state index contributed by atoms with van der Waals surface area (Å²) in [5.41, 5.74) is 0. The quantitative estimate of drug-likeness (QED) is 0.446. The summed E-state index contributed by atoms with van der Waals surface area (Å²) in [5, 5.41) is 0. The van der Waals surface area contributed by atoms with E-state index in [1.807, 2.05) is 0 Å². The van der Waals surface area contributed by atoms with Gasteiger partial charge in [-0.2, -0.15) is 0 Å². The molecule has 1 rings (SSSR count). The van der Waals surface area contributed by atoms with Gasteiger partial charge in [0.25, 0.3) is 0 Å². The van der Waals surface area contributed by atoms with Crippen LogP contribution in [0.1, 0.15) is 25.7 Å². The van der Waals surface area contributed by atoms with Crippen molar-refractivity contribution >= 4 is 0 Å². The van der Waals surface area contributed by atoms with Crippen molar-refractivity contribution in [2.75, 3.05) is 0 Å². The van der Waals surface area contributed by atoms with Crippen LogP contribution in [0.5, 0.6) is 0 Å². The van der Waals surface area contributed by atoms with E-state index in [2.05, 4.69) is 0 Å². The molecular weight excluding hydrogens is 96.1 g/mol. The van der Waals surface area contributed by atoms with Crippen LogP contribution in [0.4, 0.5) is 0 Å². The molecule has 0 nitrogen and oxygen atoms in total. The second kappa shape index (κ2) is 2.52. The summed E-state index contributed by atoms with van der Waals surface area (Å²) in [5.74, 6) is 0.879. The van der Waals surface area contributed by atoms with Crippen LogP contribution in [0.3, 0.4) is 0 Å². The zero-order valence-corrected chi connectivity index (χ0v) is 5.14. The maximum Gasteiger partial charge on any atom is -0.0318 e. The molecule has 0 amide bonds. The molecule has 0 unspecified atom stereocenters. The normalized spacial score (nSPS) is 39.8. The van der Waals surface area contributed by atoms with E-state index in [1.165, 1.54) is 0 Å². The van der Waals surface area contributed by atoms with Crippen molar-refractivity contribution in [2.45, 2.75) is 25.7 Å². The van der Waals surface area contributed by atoms with Gasteiger partial charge in [-0.3, -0.25) is 0 Å². The Labute approximate surface area is 52.3 Å². The van der Waals surface area contributed by atoms with Crippen LogP contribution in [-0.2, 0) is 0 Å². The number of hydrogen-bond donors (Lipinski definition) is 0. The number of hydrogen-bond acceptors (Lipinski definition) is 0. The molecule has 0 heterocycles. The molecule has 0 aromatic rings. The van der Waals surface area contributed by atoms with Crippen LogP contribution in [0.2, 0.25) is 0 Å². The largest absolute Gasteiger partial charge is 0.0499 e. The maximum atomic E-state index is 5.64. The third-order valence-electron chi connectivity index (χ3n) is 1.82. The van der Waals surface area contributed by atoms with Crippen LogP contribution < -0.4 is 0 Å². The van der Waals surface area contributed by atoms with Gasteiger partial charge in [-0.25, -0.2) is 0 Å². The highest BCUT2D eigenvalue weighted by molar-refractivity contribution is 4.74. The molecule has 1 aliphatic rings. The van der Waals surface area contributed by atoms with E-state index in [4.69, 9.17) is 13.8 Å². The lowest BCUT2D eigenvalue weighted by Crippen LogP contribution is -2.09. The monoisotopic (exact) mass is 108 g/mol. The van der Waals surface area contributed by atoms with Gasteiger partial charge in [0.2, 0.25) is 0 Å². The molecule has 0 aromatic heterocycles. The Morgan fingerprint density at radius 2 is 1.00 bits per heavy atom. The summed E-state index contributed by atoms with van der Waals surface area (Å²) in [6.45, 7) is 11.3. The molecule has 0 N–H and O–H groups in total. The fraction of sp³-hybridized carbons (Fsp3) is 0.750. The highest BCUT2D eigenvalue weighted by atomic mass is 14.2. The van der Waals surface area contributed by atoms with Gasteiger partial charge < -0.3 is 0 Å². The first-order valence-corrected chi connectivity index (χ1v) is 3.30. The fourth-order valence-corrected chi connectivity index (χ4v) is 1.14. The second-order valence-corrected chi connectivity index (χ2v) is 2.67. The van der Waals surface area contributed by atoms with Crippen LogP contribution >= 0.6 is 0 Å². The van der Waals surface area contributed by atoms with Gasteiger partial charge >= 0.3 is 0 Å². The third-order valence-corrected chi connectivity index (χ3v) is 1.82. The third kappa shape index (κ3) is 1.50. The van der Waals surface area contributed by atoms with Gasteiger partial charge in [-0.15, -0.1) is 0 Å². The summed E-state index contributed by atoms with van der Waals surface area (Å²) in [7, 11) is 0. The zero-order valence-electron chi connectivity index (χ0n) is 5.14. The molecular formula is C8H12. The van der Waals surface area contributed by atoms with Gasteiger partial charge in [0, 0.05) is 0 Å². The van der Waals surface area contributed by atoms with Gasteiger partial charge in [-0.1, -0.05) is 0 Å². The lowest BCUT2D eigenvalue weighted by atomic mass is 9.84. The van der Waals surface area contributed by atoms with E-state index in [0.717, 1.165) is 25.7 Å². The van der Waals surface area contributed by atoms with E-state index in [0.29, 0.717) is 11.8 Å². The molecule has 4 radical (unpaired) electrons. The highest BCUT2D eigenvalue weighted by Crippen LogP contribution is 2.26. The molecule has 0 saturated heterocycles. The van der Waals surface area contributed by atoms with Crippen molar-refractivity contribution in [3.05, 3.63) is 13.8 Å². The van der Waals surface area contributed by atoms with E-state index >= 15 is 0 Å². The van der Waals surface area contributed by atoms with Crippen molar-refractivity contribution in [1.82, 2.24) is 0 Å². The Morgan fingerprint density at radius 3 is 1.25 bits per heavy atom. The summed E-state index contributed by atoms with van der Waals surface area (Å²) in [6, 6.07) is 0. The van der Waals surface area contributed by atoms with E-state index < -0.39 is 0 Å². The van der Waals surface area contributed by atoms with Crippen molar-refractivity contribution in [3.63, 3.8) is 0 Å². The maximum absolute atomic E-state index is 5.64. The predicted octanol–water partition coefficient (Wildman–Crippen LogP) is 2.21. The Balaban J connectivity index is 2.19. The van der Waals surface area contributed by atoms with Crippen LogP contribution in [-0.4, -0.2) is 0 Å². The van der Waals surface area contributed by atoms with Gasteiger partial charge in [0.1, 0.15) is 0 Å². The smallest absolute Gasteiger partial charge is 0.0318 e. The lowest BCUT2D eigenvalue weighted by molar-refractivity contribution is 0.352. The van der Waals surface area contributed by atoms with Crippen molar-refractivity contribution in [3.8, 4) is 0 Å². The van der Waals surface area contributed by atoms with Crippen molar-refractivity contribution in [1.29, 1.82) is 0 Å². The highest BCUT2D eigenvalue weighted by Gasteiger charge is 2.13. The molecule has 0 aromatic carbocycles. The predicted molar refractivity (Wildman–Crippen MR) is 34.0 cm³/mol. The summed E-state index contributed by atoms with van der Waals surface area (Å²) < 4.78 is 0. The Bertz CT molecular complexity index is 48.4. The summed E-state index contributed by atoms with van der Waals surface area (Å²) >= 11 is 0. The average Bonchev–Trinajstić information content (AvgIpc) is 1.77. The minimum Gasteiger partial charge on any atom is -0.0499 e. The van der Waals surface area contributed by atoms with Gasteiger partial charge in [0.05, 0.1) is 0 Å². The molecule has 1 fully saturated rings. The minimum absolute atomic E-state index is 0.440. The van der Waals surface area contributed by atoms with Gasteiger partial charge in [-0.05, 0) is 51.4 Å². The topological polar surface area (TPSA) is 0 Å². The Hall–Kier alpha value is 0. The first-order chi connectivity index (χ1) is 3.79. The molecule has 0 aliphatic heterocycles. The average molecular weight is 108 g/mol. The van der Waals surface area contributed by atoms with Crippen LogP contribution in [0.15, 0.2) is 0 Å². The van der Waals surface area contributed by atoms with Crippen LogP contribution in [0.25, 0.3) is 0 Å².